The standard InChI is InChI=1S/C16H21F3N2O/c1-10-8-15(22,9-13(21-10)14(20)6-7-14)11-2-4-12(5-3-11)16(17,18)19/h2-5,10,13,21-22H,6-9,20H2,1H3/t10-,13?,15?/m0/s1. The highest BCUT2D eigenvalue weighted by molar-refractivity contribution is 5.30. The van der Waals surface area contributed by atoms with Crippen LogP contribution in [0.1, 0.15) is 43.7 Å². The molecule has 1 aliphatic carbocycles. The lowest BCUT2D eigenvalue weighted by molar-refractivity contribution is -0.137. The van der Waals surface area contributed by atoms with Crippen LogP contribution in [-0.2, 0) is 11.8 Å². The van der Waals surface area contributed by atoms with Gasteiger partial charge < -0.3 is 16.2 Å². The Labute approximate surface area is 127 Å². The molecule has 3 atom stereocenters. The van der Waals surface area contributed by atoms with Crippen molar-refractivity contribution in [2.45, 2.75) is 62.0 Å². The fraction of sp³-hybridized carbons (Fsp3) is 0.625. The van der Waals surface area contributed by atoms with E-state index in [1.165, 1.54) is 12.1 Å². The molecular formula is C16H21F3N2O. The summed E-state index contributed by atoms with van der Waals surface area (Å²) in [6, 6.07) is 4.88. The van der Waals surface area contributed by atoms with Gasteiger partial charge in [-0.3, -0.25) is 0 Å². The Morgan fingerprint density at radius 3 is 2.27 bits per heavy atom. The van der Waals surface area contributed by atoms with Crippen molar-refractivity contribution in [3.05, 3.63) is 35.4 Å². The van der Waals surface area contributed by atoms with E-state index in [0.29, 0.717) is 18.4 Å². The number of nitrogens with one attached hydrogen (secondary N) is 1. The summed E-state index contributed by atoms with van der Waals surface area (Å²) >= 11 is 0. The molecule has 0 amide bonds. The van der Waals surface area contributed by atoms with Crippen molar-refractivity contribution in [2.75, 3.05) is 0 Å². The summed E-state index contributed by atoms with van der Waals surface area (Å²) < 4.78 is 38.0. The van der Waals surface area contributed by atoms with Gasteiger partial charge in [0.15, 0.2) is 0 Å². The summed E-state index contributed by atoms with van der Waals surface area (Å²) in [4.78, 5) is 0. The van der Waals surface area contributed by atoms with E-state index in [-0.39, 0.29) is 17.6 Å². The molecule has 1 saturated heterocycles. The largest absolute Gasteiger partial charge is 0.416 e. The maximum absolute atomic E-state index is 12.7. The van der Waals surface area contributed by atoms with Crippen LogP contribution >= 0.6 is 0 Å². The summed E-state index contributed by atoms with van der Waals surface area (Å²) in [6.45, 7) is 1.97. The van der Waals surface area contributed by atoms with Crippen molar-refractivity contribution in [1.29, 1.82) is 0 Å². The molecule has 0 aromatic heterocycles. The SMILES string of the molecule is C[C@H]1CC(O)(c2ccc(C(F)(F)F)cc2)CC(C2(N)CC2)N1. The molecule has 6 heteroatoms. The first-order chi connectivity index (χ1) is 10.1. The van der Waals surface area contributed by atoms with Crippen molar-refractivity contribution < 1.29 is 18.3 Å². The number of hydrogen-bond acceptors (Lipinski definition) is 3. The average Bonchev–Trinajstić information content (AvgIpc) is 3.16. The van der Waals surface area contributed by atoms with Gasteiger partial charge in [0.1, 0.15) is 0 Å². The molecule has 2 aliphatic rings. The number of halogens is 3. The maximum atomic E-state index is 12.7. The Balaban J connectivity index is 1.85. The number of aliphatic hydroxyl groups is 1. The third-order valence-corrected chi connectivity index (χ3v) is 4.94. The summed E-state index contributed by atoms with van der Waals surface area (Å²) in [5.41, 5.74) is 4.66. The van der Waals surface area contributed by atoms with Gasteiger partial charge in [0.05, 0.1) is 11.2 Å². The molecule has 1 saturated carbocycles. The second-order valence-corrected chi connectivity index (χ2v) is 6.87. The molecule has 1 aliphatic heterocycles. The zero-order chi connectivity index (χ0) is 16.2. The van der Waals surface area contributed by atoms with E-state index < -0.39 is 17.3 Å². The van der Waals surface area contributed by atoms with Gasteiger partial charge >= 0.3 is 6.18 Å². The van der Waals surface area contributed by atoms with Crippen LogP contribution in [0.25, 0.3) is 0 Å². The van der Waals surface area contributed by atoms with Crippen LogP contribution in [0.15, 0.2) is 24.3 Å². The van der Waals surface area contributed by atoms with Crippen LogP contribution < -0.4 is 11.1 Å². The second kappa shape index (κ2) is 4.94. The topological polar surface area (TPSA) is 58.3 Å². The monoisotopic (exact) mass is 314 g/mol. The van der Waals surface area contributed by atoms with E-state index in [0.717, 1.165) is 25.0 Å². The van der Waals surface area contributed by atoms with Crippen molar-refractivity contribution >= 4 is 0 Å². The molecule has 0 bridgehead atoms. The van der Waals surface area contributed by atoms with Gasteiger partial charge in [-0.1, -0.05) is 12.1 Å². The second-order valence-electron chi connectivity index (χ2n) is 6.87. The Hall–Kier alpha value is -1.11. The van der Waals surface area contributed by atoms with E-state index in [1.807, 2.05) is 6.92 Å². The quantitative estimate of drug-likeness (QED) is 0.786. The first-order valence-electron chi connectivity index (χ1n) is 7.57. The summed E-state index contributed by atoms with van der Waals surface area (Å²) in [7, 11) is 0. The predicted octanol–water partition coefficient (Wildman–Crippen LogP) is 2.52. The van der Waals surface area contributed by atoms with Crippen LogP contribution in [-0.4, -0.2) is 22.7 Å². The number of benzene rings is 1. The van der Waals surface area contributed by atoms with Gasteiger partial charge in [-0.15, -0.1) is 0 Å². The van der Waals surface area contributed by atoms with Gasteiger partial charge in [-0.25, -0.2) is 0 Å². The molecule has 122 valence electrons. The van der Waals surface area contributed by atoms with Crippen LogP contribution in [0.2, 0.25) is 0 Å². The van der Waals surface area contributed by atoms with Crippen molar-refractivity contribution in [3.63, 3.8) is 0 Å². The highest BCUT2D eigenvalue weighted by atomic mass is 19.4. The van der Waals surface area contributed by atoms with Gasteiger partial charge in [-0.05, 0) is 50.3 Å². The Morgan fingerprint density at radius 2 is 1.77 bits per heavy atom. The minimum Gasteiger partial charge on any atom is -0.385 e. The minimum absolute atomic E-state index is 0.0106. The number of rotatable bonds is 2. The van der Waals surface area contributed by atoms with E-state index in [9.17, 15) is 18.3 Å². The van der Waals surface area contributed by atoms with Crippen LogP contribution in [0.4, 0.5) is 13.2 Å². The highest BCUT2D eigenvalue weighted by Gasteiger charge is 2.51. The summed E-state index contributed by atoms with van der Waals surface area (Å²) in [6.07, 6.45) is -1.63. The van der Waals surface area contributed by atoms with Gasteiger partial charge in [-0.2, -0.15) is 13.2 Å². The third kappa shape index (κ3) is 2.87. The number of piperidine rings is 1. The van der Waals surface area contributed by atoms with Crippen molar-refractivity contribution in [2.24, 2.45) is 5.73 Å². The lowest BCUT2D eigenvalue weighted by atomic mass is 9.76. The molecule has 1 aromatic rings. The van der Waals surface area contributed by atoms with E-state index in [2.05, 4.69) is 5.32 Å². The first-order valence-corrected chi connectivity index (χ1v) is 7.57. The smallest absolute Gasteiger partial charge is 0.385 e. The van der Waals surface area contributed by atoms with E-state index >= 15 is 0 Å². The average molecular weight is 314 g/mol. The Bertz CT molecular complexity index is 554. The third-order valence-electron chi connectivity index (χ3n) is 4.94. The van der Waals surface area contributed by atoms with E-state index in [4.69, 9.17) is 5.73 Å². The summed E-state index contributed by atoms with van der Waals surface area (Å²) in [5.74, 6) is 0. The van der Waals surface area contributed by atoms with Crippen molar-refractivity contribution in [3.8, 4) is 0 Å². The number of nitrogens with two attached hydrogens (primary N) is 1. The Morgan fingerprint density at radius 1 is 1.18 bits per heavy atom. The van der Waals surface area contributed by atoms with Gasteiger partial charge in [0.2, 0.25) is 0 Å². The lowest BCUT2D eigenvalue weighted by Crippen LogP contribution is -2.58. The van der Waals surface area contributed by atoms with Crippen LogP contribution in [0.5, 0.6) is 0 Å². The molecule has 1 aromatic carbocycles. The summed E-state index contributed by atoms with van der Waals surface area (Å²) in [5, 5.41) is 14.4. The molecule has 4 N–H and O–H groups in total. The molecule has 0 radical (unpaired) electrons. The van der Waals surface area contributed by atoms with Crippen molar-refractivity contribution in [1.82, 2.24) is 5.32 Å². The van der Waals surface area contributed by atoms with E-state index in [1.54, 1.807) is 0 Å². The molecular weight excluding hydrogens is 293 g/mol. The van der Waals surface area contributed by atoms with Crippen LogP contribution in [0.3, 0.4) is 0 Å². The molecule has 22 heavy (non-hydrogen) atoms. The normalized spacial score (nSPS) is 34.5. The molecule has 2 fully saturated rings. The lowest BCUT2D eigenvalue weighted by Gasteiger charge is -2.43. The van der Waals surface area contributed by atoms with Crippen LogP contribution in [0, 0.1) is 0 Å². The molecule has 0 spiro atoms. The fourth-order valence-corrected chi connectivity index (χ4v) is 3.46. The zero-order valence-electron chi connectivity index (χ0n) is 12.5. The first kappa shape index (κ1) is 15.8. The van der Waals surface area contributed by atoms with Gasteiger partial charge in [0, 0.05) is 17.6 Å². The van der Waals surface area contributed by atoms with Gasteiger partial charge in [0.25, 0.3) is 0 Å². The minimum atomic E-state index is -4.36. The zero-order valence-corrected chi connectivity index (χ0v) is 12.5. The Kier molecular flexibility index (Phi) is 3.54. The predicted molar refractivity (Wildman–Crippen MR) is 77.1 cm³/mol. The number of hydrogen-bond donors (Lipinski definition) is 3. The molecule has 2 unspecified atom stereocenters. The number of alkyl halides is 3. The molecule has 3 nitrogen and oxygen atoms in total. The fourth-order valence-electron chi connectivity index (χ4n) is 3.46. The molecule has 1 heterocycles. The molecule has 3 rings (SSSR count). The highest BCUT2D eigenvalue weighted by Crippen LogP contribution is 2.45. The maximum Gasteiger partial charge on any atom is 0.416 e.